The molecule has 0 unspecified atom stereocenters. The topological polar surface area (TPSA) is 51.2 Å². The highest BCUT2D eigenvalue weighted by atomic mass is 35.5. The van der Waals surface area contributed by atoms with Crippen LogP contribution in [0.3, 0.4) is 0 Å². The minimum atomic E-state index is -0.277. The Hall–Kier alpha value is -1.59. The Morgan fingerprint density at radius 1 is 1.53 bits per heavy atom. The quantitative estimate of drug-likeness (QED) is 0.934. The van der Waals surface area contributed by atoms with E-state index in [1.54, 1.807) is 18.2 Å². The summed E-state index contributed by atoms with van der Waals surface area (Å²) >= 11 is 7.30. The van der Waals surface area contributed by atoms with Crippen LogP contribution in [0.5, 0.6) is 5.75 Å². The predicted octanol–water partition coefficient (Wildman–Crippen LogP) is 3.76. The van der Waals surface area contributed by atoms with Crippen molar-refractivity contribution in [2.75, 3.05) is 11.9 Å². The molecule has 1 amide bonds. The number of carbonyl (C=O) groups is 1. The summed E-state index contributed by atoms with van der Waals surface area (Å²) in [7, 11) is 0. The summed E-state index contributed by atoms with van der Waals surface area (Å²) in [5, 5.41) is 5.66. The van der Waals surface area contributed by atoms with Gasteiger partial charge < -0.3 is 4.74 Å². The number of nitrogens with one attached hydrogen (secondary N) is 1. The fraction of sp³-hybridized carbons (Fsp3) is 0.231. The summed E-state index contributed by atoms with van der Waals surface area (Å²) in [5.74, 6) is 0.234. The summed E-state index contributed by atoms with van der Waals surface area (Å²) in [6.07, 6.45) is 0. The van der Waals surface area contributed by atoms with E-state index in [0.29, 0.717) is 28.1 Å². The second-order valence-electron chi connectivity index (χ2n) is 3.82. The molecule has 0 atom stereocenters. The van der Waals surface area contributed by atoms with Gasteiger partial charge in [0.15, 0.2) is 5.13 Å². The summed E-state index contributed by atoms with van der Waals surface area (Å²) in [6.45, 7) is 4.22. The molecular weight excluding hydrogens is 284 g/mol. The normalized spacial score (nSPS) is 10.3. The number of amides is 1. The molecule has 19 heavy (non-hydrogen) atoms. The van der Waals surface area contributed by atoms with E-state index < -0.39 is 0 Å². The lowest BCUT2D eigenvalue weighted by molar-refractivity contribution is 0.102. The zero-order valence-electron chi connectivity index (χ0n) is 10.6. The zero-order chi connectivity index (χ0) is 13.8. The van der Waals surface area contributed by atoms with Crippen LogP contribution in [0.15, 0.2) is 23.6 Å². The molecule has 1 N–H and O–H groups in total. The number of rotatable bonds is 4. The molecule has 0 spiro atoms. The van der Waals surface area contributed by atoms with Gasteiger partial charge in [-0.15, -0.1) is 11.3 Å². The number of nitrogens with zero attached hydrogens (tertiary/aromatic N) is 1. The molecule has 1 aromatic heterocycles. The summed E-state index contributed by atoms with van der Waals surface area (Å²) < 4.78 is 5.42. The summed E-state index contributed by atoms with van der Waals surface area (Å²) in [6, 6.07) is 4.97. The lowest BCUT2D eigenvalue weighted by Gasteiger charge is -2.09. The van der Waals surface area contributed by atoms with Crippen molar-refractivity contribution >= 4 is 34.0 Å². The first kappa shape index (κ1) is 13.8. The SMILES string of the molecule is CCOc1ccc(Cl)cc1C(=O)Nc1nc(C)cs1. The van der Waals surface area contributed by atoms with Crippen molar-refractivity contribution in [3.8, 4) is 5.75 Å². The van der Waals surface area contributed by atoms with E-state index in [1.165, 1.54) is 11.3 Å². The van der Waals surface area contributed by atoms with Gasteiger partial charge in [-0.25, -0.2) is 4.98 Å². The Bertz CT molecular complexity index is 598. The molecule has 0 saturated heterocycles. The molecule has 0 aliphatic carbocycles. The van der Waals surface area contributed by atoms with Gasteiger partial charge in [-0.1, -0.05) is 11.6 Å². The van der Waals surface area contributed by atoms with Crippen LogP contribution in [-0.4, -0.2) is 17.5 Å². The third-order valence-corrected chi connectivity index (χ3v) is 3.44. The number of hydrogen-bond acceptors (Lipinski definition) is 4. The standard InChI is InChI=1S/C13H13ClN2O2S/c1-3-18-11-5-4-9(14)6-10(11)12(17)16-13-15-8(2)7-19-13/h4-7H,3H2,1-2H3,(H,15,16,17). The number of carbonyl (C=O) groups excluding carboxylic acids is 1. The Kier molecular flexibility index (Phi) is 4.39. The predicted molar refractivity (Wildman–Crippen MR) is 77.4 cm³/mol. The Morgan fingerprint density at radius 2 is 2.32 bits per heavy atom. The van der Waals surface area contributed by atoms with Crippen LogP contribution in [0.2, 0.25) is 5.02 Å². The minimum absolute atomic E-state index is 0.277. The second-order valence-corrected chi connectivity index (χ2v) is 5.12. The molecule has 0 radical (unpaired) electrons. The highest BCUT2D eigenvalue weighted by molar-refractivity contribution is 7.13. The van der Waals surface area contributed by atoms with E-state index in [-0.39, 0.29) is 5.91 Å². The van der Waals surface area contributed by atoms with Crippen molar-refractivity contribution in [2.24, 2.45) is 0 Å². The van der Waals surface area contributed by atoms with Crippen molar-refractivity contribution in [1.29, 1.82) is 0 Å². The maximum absolute atomic E-state index is 12.2. The third kappa shape index (κ3) is 3.45. The zero-order valence-corrected chi connectivity index (χ0v) is 12.1. The molecule has 4 nitrogen and oxygen atoms in total. The van der Waals surface area contributed by atoms with Gasteiger partial charge in [-0.05, 0) is 32.0 Å². The first-order chi connectivity index (χ1) is 9.10. The molecule has 100 valence electrons. The number of ether oxygens (including phenoxy) is 1. The summed E-state index contributed by atoms with van der Waals surface area (Å²) in [5.41, 5.74) is 1.28. The Labute approximate surface area is 120 Å². The molecule has 0 fully saturated rings. The maximum Gasteiger partial charge on any atom is 0.261 e. The number of hydrogen-bond donors (Lipinski definition) is 1. The number of anilines is 1. The van der Waals surface area contributed by atoms with E-state index in [4.69, 9.17) is 16.3 Å². The first-order valence-corrected chi connectivity index (χ1v) is 7.01. The smallest absolute Gasteiger partial charge is 0.261 e. The van der Waals surface area contributed by atoms with Crippen molar-refractivity contribution in [3.63, 3.8) is 0 Å². The first-order valence-electron chi connectivity index (χ1n) is 5.76. The van der Waals surface area contributed by atoms with Gasteiger partial charge in [0.25, 0.3) is 5.91 Å². The Morgan fingerprint density at radius 3 is 2.95 bits per heavy atom. The van der Waals surface area contributed by atoms with E-state index in [9.17, 15) is 4.79 Å². The number of aromatic nitrogens is 1. The van der Waals surface area contributed by atoms with Crippen LogP contribution >= 0.6 is 22.9 Å². The van der Waals surface area contributed by atoms with Crippen molar-refractivity contribution in [2.45, 2.75) is 13.8 Å². The molecule has 2 aromatic rings. The van der Waals surface area contributed by atoms with E-state index in [0.717, 1.165) is 5.69 Å². The van der Waals surface area contributed by atoms with E-state index >= 15 is 0 Å². The minimum Gasteiger partial charge on any atom is -0.493 e. The van der Waals surface area contributed by atoms with Crippen LogP contribution in [0.25, 0.3) is 0 Å². The van der Waals surface area contributed by atoms with Gasteiger partial charge in [-0.2, -0.15) is 0 Å². The third-order valence-electron chi connectivity index (χ3n) is 2.33. The van der Waals surface area contributed by atoms with Crippen LogP contribution in [0.1, 0.15) is 23.0 Å². The highest BCUT2D eigenvalue weighted by Gasteiger charge is 2.14. The molecule has 0 aliphatic heterocycles. The molecule has 1 aromatic carbocycles. The lowest BCUT2D eigenvalue weighted by Crippen LogP contribution is -2.13. The fourth-order valence-electron chi connectivity index (χ4n) is 1.54. The largest absolute Gasteiger partial charge is 0.493 e. The highest BCUT2D eigenvalue weighted by Crippen LogP contribution is 2.24. The van der Waals surface area contributed by atoms with Crippen molar-refractivity contribution in [3.05, 3.63) is 39.9 Å². The number of aryl methyl sites for hydroxylation is 1. The van der Waals surface area contributed by atoms with Crippen molar-refractivity contribution in [1.82, 2.24) is 4.98 Å². The summed E-state index contributed by atoms with van der Waals surface area (Å²) in [4.78, 5) is 16.4. The fourth-order valence-corrected chi connectivity index (χ4v) is 2.39. The van der Waals surface area contributed by atoms with Gasteiger partial charge >= 0.3 is 0 Å². The monoisotopic (exact) mass is 296 g/mol. The average molecular weight is 297 g/mol. The average Bonchev–Trinajstić information content (AvgIpc) is 2.77. The Balaban J connectivity index is 2.24. The molecule has 2 rings (SSSR count). The van der Waals surface area contributed by atoms with Gasteiger partial charge in [0.2, 0.25) is 0 Å². The number of benzene rings is 1. The molecular formula is C13H13ClN2O2S. The molecule has 1 heterocycles. The molecule has 0 aliphatic rings. The van der Waals surface area contributed by atoms with E-state index in [1.807, 2.05) is 19.2 Å². The number of halogens is 1. The van der Waals surface area contributed by atoms with Gasteiger partial charge in [-0.3, -0.25) is 10.1 Å². The molecule has 6 heteroatoms. The number of thiazole rings is 1. The van der Waals surface area contributed by atoms with E-state index in [2.05, 4.69) is 10.3 Å². The van der Waals surface area contributed by atoms with Crippen LogP contribution in [-0.2, 0) is 0 Å². The molecule has 0 bridgehead atoms. The lowest BCUT2D eigenvalue weighted by atomic mass is 10.2. The van der Waals surface area contributed by atoms with Gasteiger partial charge in [0.1, 0.15) is 5.75 Å². The van der Waals surface area contributed by atoms with Crippen LogP contribution in [0.4, 0.5) is 5.13 Å². The van der Waals surface area contributed by atoms with Crippen LogP contribution < -0.4 is 10.1 Å². The second kappa shape index (κ2) is 6.04. The molecule has 0 saturated carbocycles. The van der Waals surface area contributed by atoms with Crippen LogP contribution in [0, 0.1) is 6.92 Å². The maximum atomic E-state index is 12.2. The van der Waals surface area contributed by atoms with Crippen molar-refractivity contribution < 1.29 is 9.53 Å². The van der Waals surface area contributed by atoms with Gasteiger partial charge in [0, 0.05) is 10.4 Å². The van der Waals surface area contributed by atoms with Gasteiger partial charge in [0.05, 0.1) is 17.9 Å².